The van der Waals surface area contributed by atoms with Gasteiger partial charge in [-0.15, -0.1) is 0 Å². The normalized spacial score (nSPS) is 10.4. The predicted molar refractivity (Wildman–Crippen MR) is 113 cm³/mol. The summed E-state index contributed by atoms with van der Waals surface area (Å²) in [6, 6.07) is 14.7. The van der Waals surface area contributed by atoms with Crippen LogP contribution >= 0.6 is 46.6 Å². The number of hydrogen-bond acceptors (Lipinski definition) is 4. The molecule has 0 aliphatic carbocycles. The topological polar surface area (TPSA) is 71.1 Å². The molecule has 0 atom stereocenters. The molecule has 0 aliphatic rings. The summed E-state index contributed by atoms with van der Waals surface area (Å²) in [5.41, 5.74) is 0.463. The quantitative estimate of drug-likeness (QED) is 0.497. The Kier molecular flexibility index (Phi) is 6.80. The van der Waals surface area contributed by atoms with E-state index in [-0.39, 0.29) is 15.6 Å². The van der Waals surface area contributed by atoms with Gasteiger partial charge in [-0.2, -0.15) is 0 Å². The van der Waals surface area contributed by atoms with Gasteiger partial charge < -0.3 is 5.32 Å². The molecule has 1 aromatic heterocycles. The summed E-state index contributed by atoms with van der Waals surface area (Å²) in [6.45, 7) is 0. The number of nitrogens with one attached hydrogen (secondary N) is 2. The molecule has 3 rings (SSSR count). The smallest absolute Gasteiger partial charge is 0.306 e. The molecule has 9 heteroatoms. The first kappa shape index (κ1) is 20.5. The van der Waals surface area contributed by atoms with Crippen LogP contribution in [0.4, 0.5) is 10.5 Å². The van der Waals surface area contributed by atoms with Crippen molar-refractivity contribution in [2.24, 2.45) is 0 Å². The van der Waals surface area contributed by atoms with Crippen molar-refractivity contribution in [2.75, 3.05) is 5.32 Å². The van der Waals surface area contributed by atoms with Crippen LogP contribution in [0.1, 0.15) is 10.4 Å². The third kappa shape index (κ3) is 5.39. The second kappa shape index (κ2) is 9.30. The number of aromatic nitrogens is 1. The van der Waals surface area contributed by atoms with Crippen molar-refractivity contribution in [1.29, 1.82) is 0 Å². The number of benzene rings is 2. The molecule has 0 aliphatic heterocycles. The Balaban J connectivity index is 1.60. The fourth-order valence-electron chi connectivity index (χ4n) is 2.18. The number of urea groups is 1. The molecule has 0 radical (unpaired) electrons. The minimum atomic E-state index is -0.721. The molecular formula is C19H12Cl3N3O2S. The number of imide groups is 1. The third-order valence-corrected chi connectivity index (χ3v) is 5.29. The molecule has 0 fully saturated rings. The van der Waals surface area contributed by atoms with Gasteiger partial charge in [0.25, 0.3) is 5.91 Å². The van der Waals surface area contributed by atoms with Crippen molar-refractivity contribution in [3.63, 3.8) is 0 Å². The molecule has 2 aromatic carbocycles. The van der Waals surface area contributed by atoms with Crippen LogP contribution in [0.5, 0.6) is 0 Å². The molecule has 0 bridgehead atoms. The zero-order chi connectivity index (χ0) is 20.1. The number of amides is 3. The van der Waals surface area contributed by atoms with Gasteiger partial charge in [0.15, 0.2) is 0 Å². The number of carbonyl (C=O) groups is 2. The molecule has 142 valence electrons. The van der Waals surface area contributed by atoms with Crippen molar-refractivity contribution in [3.8, 4) is 0 Å². The van der Waals surface area contributed by atoms with Gasteiger partial charge in [0.2, 0.25) is 0 Å². The van der Waals surface area contributed by atoms with Gasteiger partial charge in [-0.1, -0.05) is 52.6 Å². The van der Waals surface area contributed by atoms with Crippen LogP contribution in [0, 0.1) is 0 Å². The van der Waals surface area contributed by atoms with E-state index in [0.29, 0.717) is 10.7 Å². The minimum absolute atomic E-state index is 0.0359. The van der Waals surface area contributed by atoms with E-state index in [1.807, 2.05) is 12.1 Å². The van der Waals surface area contributed by atoms with Crippen LogP contribution < -0.4 is 10.6 Å². The second-order valence-electron chi connectivity index (χ2n) is 5.45. The third-order valence-electron chi connectivity index (χ3n) is 3.45. The Morgan fingerprint density at radius 3 is 2.18 bits per heavy atom. The molecule has 0 saturated heterocycles. The van der Waals surface area contributed by atoms with Gasteiger partial charge in [0.1, 0.15) is 5.03 Å². The molecule has 28 heavy (non-hydrogen) atoms. The average Bonchev–Trinajstić information content (AvgIpc) is 2.65. The van der Waals surface area contributed by atoms with Gasteiger partial charge in [-0.05, 0) is 48.5 Å². The van der Waals surface area contributed by atoms with Crippen LogP contribution in [-0.4, -0.2) is 16.9 Å². The molecule has 0 saturated carbocycles. The number of carbonyl (C=O) groups excluding carboxylic acids is 2. The zero-order valence-corrected chi connectivity index (χ0v) is 17.2. The first-order valence-corrected chi connectivity index (χ1v) is 9.83. The Morgan fingerprint density at radius 1 is 0.893 bits per heavy atom. The van der Waals surface area contributed by atoms with Crippen molar-refractivity contribution in [1.82, 2.24) is 10.3 Å². The van der Waals surface area contributed by atoms with Gasteiger partial charge in [-0.3, -0.25) is 10.1 Å². The van der Waals surface area contributed by atoms with Crippen molar-refractivity contribution < 1.29 is 9.59 Å². The highest BCUT2D eigenvalue weighted by Gasteiger charge is 2.17. The van der Waals surface area contributed by atoms with Crippen molar-refractivity contribution in [2.45, 2.75) is 9.92 Å². The monoisotopic (exact) mass is 451 g/mol. The molecule has 3 aromatic rings. The lowest BCUT2D eigenvalue weighted by atomic mass is 10.2. The predicted octanol–water partition coefficient (Wildman–Crippen LogP) is 6.15. The summed E-state index contributed by atoms with van der Waals surface area (Å²) in [5, 5.41) is 6.43. The van der Waals surface area contributed by atoms with E-state index < -0.39 is 11.9 Å². The second-order valence-corrected chi connectivity index (χ2v) is 7.79. The highest BCUT2D eigenvalue weighted by Crippen LogP contribution is 2.27. The van der Waals surface area contributed by atoms with Gasteiger partial charge in [-0.25, -0.2) is 9.78 Å². The SMILES string of the molecule is O=C(NC(=O)c1c(Cl)cccc1Cl)Nc1ccc(Sc2ccc(Cl)cc2)nc1. The lowest BCUT2D eigenvalue weighted by Crippen LogP contribution is -2.34. The number of nitrogens with zero attached hydrogens (tertiary/aromatic N) is 1. The maximum atomic E-state index is 12.2. The van der Waals surface area contributed by atoms with E-state index in [9.17, 15) is 9.59 Å². The molecule has 3 amide bonds. The summed E-state index contributed by atoms with van der Waals surface area (Å²) in [4.78, 5) is 29.5. The summed E-state index contributed by atoms with van der Waals surface area (Å²) < 4.78 is 0. The highest BCUT2D eigenvalue weighted by molar-refractivity contribution is 7.99. The molecule has 0 unspecified atom stereocenters. The molecule has 0 spiro atoms. The van der Waals surface area contributed by atoms with E-state index in [0.717, 1.165) is 9.92 Å². The molecule has 5 nitrogen and oxygen atoms in total. The maximum Gasteiger partial charge on any atom is 0.326 e. The van der Waals surface area contributed by atoms with Crippen LogP contribution in [0.25, 0.3) is 0 Å². The highest BCUT2D eigenvalue weighted by atomic mass is 35.5. The van der Waals surface area contributed by atoms with Crippen LogP contribution in [0.15, 0.2) is 70.7 Å². The van der Waals surface area contributed by atoms with Gasteiger partial charge in [0, 0.05) is 9.92 Å². The summed E-state index contributed by atoms with van der Waals surface area (Å²) in [6.07, 6.45) is 1.49. The molecular weight excluding hydrogens is 441 g/mol. The maximum absolute atomic E-state index is 12.2. The Morgan fingerprint density at radius 2 is 1.57 bits per heavy atom. The minimum Gasteiger partial charge on any atom is -0.306 e. The lowest BCUT2D eigenvalue weighted by molar-refractivity contribution is 0.0967. The van der Waals surface area contributed by atoms with E-state index in [1.54, 1.807) is 30.3 Å². The number of hydrogen-bond donors (Lipinski definition) is 2. The van der Waals surface area contributed by atoms with Crippen LogP contribution in [-0.2, 0) is 0 Å². The fraction of sp³-hybridized carbons (Fsp3) is 0. The van der Waals surface area contributed by atoms with Crippen molar-refractivity contribution in [3.05, 3.63) is 81.4 Å². The van der Waals surface area contributed by atoms with Crippen LogP contribution in [0.3, 0.4) is 0 Å². The zero-order valence-electron chi connectivity index (χ0n) is 14.1. The number of halogens is 3. The summed E-state index contributed by atoms with van der Waals surface area (Å²) in [7, 11) is 0. The Bertz CT molecular complexity index is 992. The largest absolute Gasteiger partial charge is 0.326 e. The molecule has 1 heterocycles. The van der Waals surface area contributed by atoms with E-state index >= 15 is 0 Å². The number of anilines is 1. The van der Waals surface area contributed by atoms with E-state index in [1.165, 1.54) is 30.1 Å². The first-order valence-electron chi connectivity index (χ1n) is 7.88. The van der Waals surface area contributed by atoms with Gasteiger partial charge >= 0.3 is 6.03 Å². The van der Waals surface area contributed by atoms with E-state index in [2.05, 4.69) is 15.6 Å². The Hall–Kier alpha value is -2.25. The Labute approximate surface area is 180 Å². The van der Waals surface area contributed by atoms with Gasteiger partial charge in [0.05, 0.1) is 27.5 Å². The number of rotatable bonds is 4. The summed E-state index contributed by atoms with van der Waals surface area (Å²) >= 11 is 19.2. The van der Waals surface area contributed by atoms with Crippen molar-refractivity contribution >= 4 is 64.2 Å². The average molecular weight is 453 g/mol. The molecule has 2 N–H and O–H groups in total. The standard InChI is InChI=1S/C19H12Cl3N3O2S/c20-11-4-7-13(8-5-11)28-16-9-6-12(10-23-16)24-19(27)25-18(26)17-14(21)2-1-3-15(17)22/h1-10H,(H2,24,25,26,27). The number of pyridine rings is 1. The van der Waals surface area contributed by atoms with Crippen LogP contribution in [0.2, 0.25) is 15.1 Å². The first-order chi connectivity index (χ1) is 13.4. The fourth-order valence-corrected chi connectivity index (χ4v) is 3.63. The van der Waals surface area contributed by atoms with E-state index in [4.69, 9.17) is 34.8 Å². The lowest BCUT2D eigenvalue weighted by Gasteiger charge is -2.09. The summed E-state index contributed by atoms with van der Waals surface area (Å²) in [5.74, 6) is -0.698.